The maximum absolute atomic E-state index is 12.9. The molecule has 0 spiro atoms. The van der Waals surface area contributed by atoms with E-state index in [1.807, 2.05) is 0 Å². The Balaban J connectivity index is 1.72. The number of hydrogen-bond donors (Lipinski definition) is 0. The molecule has 1 amide bonds. The Hall–Kier alpha value is -3.03. The summed E-state index contributed by atoms with van der Waals surface area (Å²) in [6.07, 6.45) is 3.21. The van der Waals surface area contributed by atoms with E-state index in [0.29, 0.717) is 13.1 Å². The molecule has 1 aliphatic rings. The Bertz CT molecular complexity index is 797. The lowest BCUT2D eigenvalue weighted by molar-refractivity contribution is 0.0501. The molecule has 0 N–H and O–H groups in total. The average molecular weight is 359 g/mol. The van der Waals surface area contributed by atoms with Crippen molar-refractivity contribution in [2.45, 2.75) is 18.9 Å². The van der Waals surface area contributed by atoms with Gasteiger partial charge >= 0.3 is 12.0 Å². The zero-order valence-corrected chi connectivity index (χ0v) is 14.2. The highest BCUT2D eigenvalue weighted by molar-refractivity contribution is 6.05. The van der Waals surface area contributed by atoms with Crippen molar-refractivity contribution >= 4 is 11.9 Å². The van der Waals surface area contributed by atoms with Gasteiger partial charge in [0, 0.05) is 6.54 Å². The number of aromatic nitrogens is 2. The fourth-order valence-electron chi connectivity index (χ4n) is 2.86. The molecule has 0 aliphatic carbocycles. The Morgan fingerprint density at radius 1 is 1.19 bits per heavy atom. The Morgan fingerprint density at radius 3 is 2.58 bits per heavy atom. The summed E-state index contributed by atoms with van der Waals surface area (Å²) < 4.78 is 23.3. The molecule has 1 aromatic heterocycles. The third-order valence-corrected chi connectivity index (χ3v) is 4.10. The zero-order chi connectivity index (χ0) is 18.5. The smallest absolute Gasteiger partial charge is 0.338 e. The summed E-state index contributed by atoms with van der Waals surface area (Å²) in [6, 6.07) is 6.60. The number of carbonyl (C=O) groups is 2. The molecule has 1 aliphatic heterocycles. The minimum Gasteiger partial charge on any atom is -0.465 e. The van der Waals surface area contributed by atoms with Gasteiger partial charge in [0.25, 0.3) is 5.91 Å². The molecule has 7 nitrogen and oxygen atoms in total. The number of piperidine rings is 1. The predicted molar refractivity (Wildman–Crippen MR) is 89.3 cm³/mol. The van der Waals surface area contributed by atoms with Gasteiger partial charge in [0.2, 0.25) is 0 Å². The number of hydrogen-bond acceptors (Lipinski definition) is 6. The maximum Gasteiger partial charge on any atom is 0.338 e. The quantitative estimate of drug-likeness (QED) is 0.778. The van der Waals surface area contributed by atoms with Crippen LogP contribution in [0.2, 0.25) is 0 Å². The van der Waals surface area contributed by atoms with Crippen molar-refractivity contribution in [3.8, 4) is 6.01 Å². The molecule has 3 rings (SSSR count). The lowest BCUT2D eigenvalue weighted by Crippen LogP contribution is -2.45. The van der Waals surface area contributed by atoms with Crippen LogP contribution in [0.3, 0.4) is 0 Å². The number of methoxy groups -OCH3 is 1. The first-order valence-electron chi connectivity index (χ1n) is 8.19. The molecule has 26 heavy (non-hydrogen) atoms. The van der Waals surface area contributed by atoms with E-state index in [1.54, 1.807) is 29.2 Å². The van der Waals surface area contributed by atoms with Crippen molar-refractivity contribution in [3.63, 3.8) is 0 Å². The second-order valence-electron chi connectivity index (χ2n) is 5.85. The van der Waals surface area contributed by atoms with Crippen molar-refractivity contribution in [3.05, 3.63) is 53.6 Å². The average Bonchev–Trinajstić information content (AvgIpc) is 2.69. The number of esters is 1. The van der Waals surface area contributed by atoms with E-state index in [9.17, 15) is 14.0 Å². The molecule has 1 atom stereocenters. The van der Waals surface area contributed by atoms with Crippen LogP contribution in [0.4, 0.5) is 4.39 Å². The van der Waals surface area contributed by atoms with Crippen LogP contribution >= 0.6 is 0 Å². The third-order valence-electron chi connectivity index (χ3n) is 4.10. The van der Waals surface area contributed by atoms with Gasteiger partial charge in [0.15, 0.2) is 5.82 Å². The standard InChI is InChI=1S/C18H18FN3O4/c1-25-17(24)15-7-3-2-6-14(15)16(23)22-8-4-5-13(11-22)26-18-20-9-12(19)10-21-18/h2-3,6-7,9-10,13H,4-5,8,11H2,1H3. The number of nitrogens with zero attached hydrogens (tertiary/aromatic N) is 3. The summed E-state index contributed by atoms with van der Waals surface area (Å²) >= 11 is 0. The molecule has 2 aromatic rings. The molecule has 1 saturated heterocycles. The molecule has 0 bridgehead atoms. The van der Waals surface area contributed by atoms with E-state index in [1.165, 1.54) is 7.11 Å². The summed E-state index contributed by atoms with van der Waals surface area (Å²) in [5.41, 5.74) is 0.517. The zero-order valence-electron chi connectivity index (χ0n) is 14.2. The van der Waals surface area contributed by atoms with Crippen LogP contribution in [0.15, 0.2) is 36.7 Å². The van der Waals surface area contributed by atoms with Crippen molar-refractivity contribution in [1.82, 2.24) is 14.9 Å². The van der Waals surface area contributed by atoms with Gasteiger partial charge < -0.3 is 14.4 Å². The summed E-state index contributed by atoms with van der Waals surface area (Å²) in [5, 5.41) is 0. The third kappa shape index (κ3) is 3.96. The first-order chi connectivity index (χ1) is 12.6. The first-order valence-corrected chi connectivity index (χ1v) is 8.19. The van der Waals surface area contributed by atoms with E-state index in [-0.39, 0.29) is 29.1 Å². The van der Waals surface area contributed by atoms with Crippen molar-refractivity contribution in [2.75, 3.05) is 20.2 Å². The van der Waals surface area contributed by atoms with E-state index in [0.717, 1.165) is 25.2 Å². The van der Waals surface area contributed by atoms with Gasteiger partial charge in [-0.15, -0.1) is 0 Å². The lowest BCUT2D eigenvalue weighted by Gasteiger charge is -2.32. The van der Waals surface area contributed by atoms with E-state index in [4.69, 9.17) is 9.47 Å². The molecule has 2 heterocycles. The minimum absolute atomic E-state index is 0.0701. The molecule has 1 unspecified atom stereocenters. The normalized spacial score (nSPS) is 16.8. The van der Waals surface area contributed by atoms with E-state index < -0.39 is 11.8 Å². The van der Waals surface area contributed by atoms with Crippen LogP contribution in [0, 0.1) is 5.82 Å². The Labute approximate surface area is 149 Å². The number of likely N-dealkylation sites (tertiary alicyclic amines) is 1. The summed E-state index contributed by atoms with van der Waals surface area (Å²) in [4.78, 5) is 33.9. The van der Waals surface area contributed by atoms with Crippen LogP contribution < -0.4 is 4.74 Å². The second kappa shape index (κ2) is 7.90. The van der Waals surface area contributed by atoms with E-state index in [2.05, 4.69) is 9.97 Å². The molecular formula is C18H18FN3O4. The largest absolute Gasteiger partial charge is 0.465 e. The molecule has 1 aromatic carbocycles. The summed E-state index contributed by atoms with van der Waals surface area (Å²) in [5.74, 6) is -1.37. The Kier molecular flexibility index (Phi) is 5.40. The topological polar surface area (TPSA) is 81.6 Å². The fraction of sp³-hybridized carbons (Fsp3) is 0.333. The van der Waals surface area contributed by atoms with Crippen LogP contribution in [0.25, 0.3) is 0 Å². The van der Waals surface area contributed by atoms with Gasteiger partial charge in [-0.2, -0.15) is 0 Å². The molecule has 1 fully saturated rings. The van der Waals surface area contributed by atoms with Gasteiger partial charge in [0.05, 0.1) is 37.2 Å². The fourth-order valence-corrected chi connectivity index (χ4v) is 2.86. The lowest BCUT2D eigenvalue weighted by atomic mass is 10.0. The van der Waals surface area contributed by atoms with Crippen LogP contribution in [0.5, 0.6) is 6.01 Å². The van der Waals surface area contributed by atoms with Crippen LogP contribution in [-0.4, -0.2) is 53.0 Å². The van der Waals surface area contributed by atoms with E-state index >= 15 is 0 Å². The number of benzene rings is 1. The second-order valence-corrected chi connectivity index (χ2v) is 5.85. The molecule has 136 valence electrons. The maximum atomic E-state index is 12.9. The number of carbonyl (C=O) groups excluding carboxylic acids is 2. The monoisotopic (exact) mass is 359 g/mol. The van der Waals surface area contributed by atoms with Gasteiger partial charge in [0.1, 0.15) is 6.10 Å². The summed E-state index contributed by atoms with van der Waals surface area (Å²) in [6.45, 7) is 0.882. The number of amides is 1. The summed E-state index contributed by atoms with van der Waals surface area (Å²) in [7, 11) is 1.27. The van der Waals surface area contributed by atoms with Crippen molar-refractivity contribution in [2.24, 2.45) is 0 Å². The number of rotatable bonds is 4. The van der Waals surface area contributed by atoms with Crippen LogP contribution in [-0.2, 0) is 4.74 Å². The number of halogens is 1. The first kappa shape index (κ1) is 17.8. The molecule has 8 heteroatoms. The Morgan fingerprint density at radius 2 is 1.88 bits per heavy atom. The van der Waals surface area contributed by atoms with Gasteiger partial charge in [-0.1, -0.05) is 12.1 Å². The minimum atomic E-state index is -0.557. The van der Waals surface area contributed by atoms with Crippen molar-refractivity contribution < 1.29 is 23.5 Å². The SMILES string of the molecule is COC(=O)c1ccccc1C(=O)N1CCCC(Oc2ncc(F)cn2)C1. The van der Waals surface area contributed by atoms with Gasteiger partial charge in [-0.25, -0.2) is 19.2 Å². The molecular weight excluding hydrogens is 341 g/mol. The highest BCUT2D eigenvalue weighted by Gasteiger charge is 2.28. The molecule has 0 radical (unpaired) electrons. The highest BCUT2D eigenvalue weighted by atomic mass is 19.1. The van der Waals surface area contributed by atoms with Gasteiger partial charge in [-0.05, 0) is 25.0 Å². The van der Waals surface area contributed by atoms with Crippen molar-refractivity contribution in [1.29, 1.82) is 0 Å². The molecule has 0 saturated carbocycles. The van der Waals surface area contributed by atoms with Gasteiger partial charge in [-0.3, -0.25) is 4.79 Å². The van der Waals surface area contributed by atoms with Crippen LogP contribution in [0.1, 0.15) is 33.6 Å². The number of ether oxygens (including phenoxy) is 2. The predicted octanol–water partition coefficient (Wildman–Crippen LogP) is 2.09. The highest BCUT2D eigenvalue weighted by Crippen LogP contribution is 2.19.